The van der Waals surface area contributed by atoms with Crippen LogP contribution in [0.4, 0.5) is 0 Å². The second kappa shape index (κ2) is 3.86. The minimum Gasteiger partial charge on any atom is -0.478 e. The highest BCUT2D eigenvalue weighted by Gasteiger charge is 2.05. The number of aliphatic carboxylic acids is 1. The Hall–Kier alpha value is -1.62. The zero-order valence-electron chi connectivity index (χ0n) is 7.10. The van der Waals surface area contributed by atoms with Crippen LogP contribution in [0.2, 0.25) is 0 Å². The first-order chi connectivity index (χ1) is 6.09. The molecule has 0 radical (unpaired) electrons. The second-order valence-corrected chi connectivity index (χ2v) is 2.57. The lowest BCUT2D eigenvalue weighted by Crippen LogP contribution is -2.04. The molecule has 1 atom stereocenters. The standard InChI is InChI=1S/C8H10N2O3/c1-5(9)8-10-6(4-13-8)2-3-7(11)12/h2-5H,9H2,1H3,(H,11,12)/b3-2+/t5-/m0/s1. The lowest BCUT2D eigenvalue weighted by Gasteiger charge is -1.94. The number of aromatic nitrogens is 1. The van der Waals surface area contributed by atoms with E-state index in [4.69, 9.17) is 15.3 Å². The lowest BCUT2D eigenvalue weighted by atomic mass is 10.3. The van der Waals surface area contributed by atoms with Gasteiger partial charge in [0.1, 0.15) is 12.0 Å². The van der Waals surface area contributed by atoms with E-state index in [1.165, 1.54) is 12.3 Å². The predicted octanol–water partition coefficient (Wildman–Crippen LogP) is 0.792. The summed E-state index contributed by atoms with van der Waals surface area (Å²) in [5.74, 6) is -0.629. The summed E-state index contributed by atoms with van der Waals surface area (Å²) in [4.78, 5) is 14.1. The number of carboxylic acid groups (broad SMARTS) is 1. The minimum atomic E-state index is -1.02. The fraction of sp³-hybridized carbons (Fsp3) is 0.250. The van der Waals surface area contributed by atoms with E-state index in [2.05, 4.69) is 4.98 Å². The van der Waals surface area contributed by atoms with Crippen molar-refractivity contribution in [1.29, 1.82) is 0 Å². The molecule has 1 heterocycles. The summed E-state index contributed by atoms with van der Waals surface area (Å²) in [6.45, 7) is 1.73. The largest absolute Gasteiger partial charge is 0.478 e. The number of carbonyl (C=O) groups is 1. The van der Waals surface area contributed by atoms with Crippen LogP contribution in [0.3, 0.4) is 0 Å². The molecule has 0 spiro atoms. The summed E-state index contributed by atoms with van der Waals surface area (Å²) in [7, 11) is 0. The zero-order chi connectivity index (χ0) is 9.84. The average Bonchev–Trinajstić information content (AvgIpc) is 2.48. The number of oxazole rings is 1. The molecular formula is C8H10N2O3. The van der Waals surface area contributed by atoms with Crippen molar-refractivity contribution in [2.75, 3.05) is 0 Å². The Morgan fingerprint density at radius 2 is 2.54 bits per heavy atom. The quantitative estimate of drug-likeness (QED) is 0.674. The van der Waals surface area contributed by atoms with Gasteiger partial charge >= 0.3 is 5.97 Å². The summed E-state index contributed by atoms with van der Waals surface area (Å²) in [5.41, 5.74) is 5.94. The summed E-state index contributed by atoms with van der Waals surface area (Å²) in [5, 5.41) is 8.32. The van der Waals surface area contributed by atoms with Gasteiger partial charge in [-0.25, -0.2) is 9.78 Å². The van der Waals surface area contributed by atoms with E-state index in [0.717, 1.165) is 6.08 Å². The Morgan fingerprint density at radius 3 is 3.00 bits per heavy atom. The Morgan fingerprint density at radius 1 is 1.85 bits per heavy atom. The smallest absolute Gasteiger partial charge is 0.328 e. The monoisotopic (exact) mass is 182 g/mol. The molecule has 5 heteroatoms. The van der Waals surface area contributed by atoms with Crippen LogP contribution in [0, 0.1) is 0 Å². The summed E-state index contributed by atoms with van der Waals surface area (Å²) in [6, 6.07) is -0.285. The predicted molar refractivity (Wildman–Crippen MR) is 45.8 cm³/mol. The molecule has 0 bridgehead atoms. The zero-order valence-corrected chi connectivity index (χ0v) is 7.10. The molecule has 0 amide bonds. The van der Waals surface area contributed by atoms with Crippen LogP contribution >= 0.6 is 0 Å². The topological polar surface area (TPSA) is 89.3 Å². The van der Waals surface area contributed by atoms with E-state index >= 15 is 0 Å². The molecule has 13 heavy (non-hydrogen) atoms. The van der Waals surface area contributed by atoms with Gasteiger partial charge in [0.2, 0.25) is 5.89 Å². The third-order valence-electron chi connectivity index (χ3n) is 1.33. The Balaban J connectivity index is 2.75. The van der Waals surface area contributed by atoms with Crippen LogP contribution in [0.1, 0.15) is 24.6 Å². The van der Waals surface area contributed by atoms with Crippen LogP contribution in [-0.2, 0) is 4.79 Å². The van der Waals surface area contributed by atoms with Crippen molar-refractivity contribution < 1.29 is 14.3 Å². The van der Waals surface area contributed by atoms with Gasteiger partial charge in [-0.1, -0.05) is 0 Å². The van der Waals surface area contributed by atoms with Crippen molar-refractivity contribution >= 4 is 12.0 Å². The molecule has 0 aromatic carbocycles. The van der Waals surface area contributed by atoms with Gasteiger partial charge in [0.15, 0.2) is 0 Å². The fourth-order valence-corrected chi connectivity index (χ4v) is 0.743. The molecule has 0 fully saturated rings. The maximum atomic E-state index is 10.1. The first-order valence-electron chi connectivity index (χ1n) is 3.71. The van der Waals surface area contributed by atoms with Gasteiger partial charge in [0.05, 0.1) is 6.04 Å². The maximum Gasteiger partial charge on any atom is 0.328 e. The highest BCUT2D eigenvalue weighted by Crippen LogP contribution is 2.09. The van der Waals surface area contributed by atoms with Crippen LogP contribution in [0.5, 0.6) is 0 Å². The Bertz CT molecular complexity index is 328. The van der Waals surface area contributed by atoms with Crippen molar-refractivity contribution in [3.63, 3.8) is 0 Å². The van der Waals surface area contributed by atoms with Crippen molar-refractivity contribution in [3.05, 3.63) is 23.9 Å². The van der Waals surface area contributed by atoms with Crippen LogP contribution in [0.15, 0.2) is 16.8 Å². The molecular weight excluding hydrogens is 172 g/mol. The number of hydrogen-bond acceptors (Lipinski definition) is 4. The van der Waals surface area contributed by atoms with Gasteiger partial charge in [-0.2, -0.15) is 0 Å². The van der Waals surface area contributed by atoms with Gasteiger partial charge in [0.25, 0.3) is 0 Å². The molecule has 0 unspecified atom stereocenters. The molecule has 0 saturated carbocycles. The molecule has 70 valence electrons. The minimum absolute atomic E-state index is 0.285. The SMILES string of the molecule is C[C@H](N)c1nc(/C=C/C(=O)O)co1. The molecule has 3 N–H and O–H groups in total. The van der Waals surface area contributed by atoms with Gasteiger partial charge in [-0.3, -0.25) is 0 Å². The van der Waals surface area contributed by atoms with Gasteiger partial charge in [0, 0.05) is 6.08 Å². The summed E-state index contributed by atoms with van der Waals surface area (Å²) < 4.78 is 4.98. The van der Waals surface area contributed by atoms with E-state index in [9.17, 15) is 4.79 Å². The third kappa shape index (κ3) is 2.72. The highest BCUT2D eigenvalue weighted by molar-refractivity contribution is 5.84. The van der Waals surface area contributed by atoms with Gasteiger partial charge in [-0.05, 0) is 13.0 Å². The maximum absolute atomic E-state index is 10.1. The highest BCUT2D eigenvalue weighted by atomic mass is 16.4. The van der Waals surface area contributed by atoms with Crippen molar-refractivity contribution in [2.45, 2.75) is 13.0 Å². The Labute approximate surface area is 74.9 Å². The van der Waals surface area contributed by atoms with E-state index in [0.29, 0.717) is 11.6 Å². The second-order valence-electron chi connectivity index (χ2n) is 2.57. The first-order valence-corrected chi connectivity index (χ1v) is 3.71. The average molecular weight is 182 g/mol. The van der Waals surface area contributed by atoms with E-state index in [1.54, 1.807) is 6.92 Å². The third-order valence-corrected chi connectivity index (χ3v) is 1.33. The molecule has 0 aliphatic rings. The molecule has 1 aromatic rings. The molecule has 1 aromatic heterocycles. The fourth-order valence-electron chi connectivity index (χ4n) is 0.743. The number of hydrogen-bond donors (Lipinski definition) is 2. The van der Waals surface area contributed by atoms with Crippen LogP contribution < -0.4 is 5.73 Å². The molecule has 0 aliphatic carbocycles. The number of rotatable bonds is 3. The molecule has 0 saturated heterocycles. The van der Waals surface area contributed by atoms with Crippen LogP contribution in [0.25, 0.3) is 6.08 Å². The lowest BCUT2D eigenvalue weighted by molar-refractivity contribution is -0.131. The van der Waals surface area contributed by atoms with E-state index in [1.807, 2.05) is 0 Å². The summed E-state index contributed by atoms with van der Waals surface area (Å²) >= 11 is 0. The van der Waals surface area contributed by atoms with E-state index < -0.39 is 5.97 Å². The van der Waals surface area contributed by atoms with Crippen molar-refractivity contribution in [3.8, 4) is 0 Å². The van der Waals surface area contributed by atoms with Crippen molar-refractivity contribution in [1.82, 2.24) is 4.98 Å². The van der Waals surface area contributed by atoms with Gasteiger partial charge in [-0.15, -0.1) is 0 Å². The molecule has 5 nitrogen and oxygen atoms in total. The van der Waals surface area contributed by atoms with Crippen LogP contribution in [-0.4, -0.2) is 16.1 Å². The number of carboxylic acids is 1. The van der Waals surface area contributed by atoms with Crippen molar-refractivity contribution in [2.24, 2.45) is 5.73 Å². The normalized spacial score (nSPS) is 13.4. The molecule has 1 rings (SSSR count). The number of nitrogens with two attached hydrogens (primary N) is 1. The van der Waals surface area contributed by atoms with E-state index in [-0.39, 0.29) is 6.04 Å². The Kier molecular flexibility index (Phi) is 2.81. The van der Waals surface area contributed by atoms with Gasteiger partial charge < -0.3 is 15.3 Å². The summed E-state index contributed by atoms with van der Waals surface area (Å²) in [6.07, 6.45) is 3.69. The number of nitrogens with zero attached hydrogens (tertiary/aromatic N) is 1. The first kappa shape index (κ1) is 9.47. The molecule has 0 aliphatic heterocycles.